The number of benzene rings is 2. The van der Waals surface area contributed by atoms with E-state index in [-0.39, 0.29) is 0 Å². The number of carbonyl (C=O) groups excluding carboxylic acids is 1. The Morgan fingerprint density at radius 1 is 1.24 bits per heavy atom. The van der Waals surface area contributed by atoms with Crippen LogP contribution in [0.4, 0.5) is 17.1 Å². The van der Waals surface area contributed by atoms with Crippen LogP contribution in [0.3, 0.4) is 0 Å². The molecule has 2 aromatic carbocycles. The molecule has 1 amide bonds. The Balaban J connectivity index is 2.02. The summed E-state index contributed by atoms with van der Waals surface area (Å²) in [6.07, 6.45) is -1.14. The molecule has 0 aliphatic carbocycles. The lowest BCUT2D eigenvalue weighted by molar-refractivity contribution is -0.123. The van der Waals surface area contributed by atoms with Crippen molar-refractivity contribution in [2.75, 3.05) is 17.3 Å². The summed E-state index contributed by atoms with van der Waals surface area (Å²) in [5.74, 6) is -0.420. The lowest BCUT2D eigenvalue weighted by atomic mass is 10.1. The van der Waals surface area contributed by atoms with Crippen LogP contribution in [-0.4, -0.2) is 18.1 Å². The Kier molecular flexibility index (Phi) is 3.35. The minimum atomic E-state index is -1.14. The molecule has 1 aliphatic heterocycles. The van der Waals surface area contributed by atoms with Gasteiger partial charge in [0.15, 0.2) is 6.10 Å². The summed E-state index contributed by atoms with van der Waals surface area (Å²) in [7, 11) is 1.91. The number of fused-ring (bicyclic) bond motifs is 1. The molecule has 1 atom stereocenters. The van der Waals surface area contributed by atoms with Gasteiger partial charge in [-0.3, -0.25) is 4.79 Å². The molecule has 0 radical (unpaired) electrons. The third kappa shape index (κ3) is 2.37. The molecule has 0 bridgehead atoms. The van der Waals surface area contributed by atoms with Gasteiger partial charge in [-0.2, -0.15) is 0 Å². The highest BCUT2D eigenvalue weighted by molar-refractivity contribution is 6.34. The standard InChI is InChI=1S/C16H15ClN2O2/c1-9-3-5-10(6-4-9)19(2)14-8-13-11(7-12(14)17)15(20)16(21)18-13/h3-8,15,20H,1-2H3,(H,18,21). The van der Waals surface area contributed by atoms with Gasteiger partial charge < -0.3 is 15.3 Å². The number of nitrogens with zero attached hydrogens (tertiary/aromatic N) is 1. The molecule has 0 fully saturated rings. The van der Waals surface area contributed by atoms with Gasteiger partial charge in [-0.15, -0.1) is 0 Å². The van der Waals surface area contributed by atoms with Crippen molar-refractivity contribution in [1.29, 1.82) is 0 Å². The van der Waals surface area contributed by atoms with Crippen LogP contribution in [0.5, 0.6) is 0 Å². The number of aryl methyl sites for hydroxylation is 1. The number of aliphatic hydroxyl groups is 1. The van der Waals surface area contributed by atoms with Gasteiger partial charge in [0.05, 0.1) is 10.7 Å². The van der Waals surface area contributed by atoms with Crippen molar-refractivity contribution in [2.45, 2.75) is 13.0 Å². The fourth-order valence-corrected chi connectivity index (χ4v) is 2.72. The largest absolute Gasteiger partial charge is 0.378 e. The molecule has 4 nitrogen and oxygen atoms in total. The zero-order valence-corrected chi connectivity index (χ0v) is 12.5. The average Bonchev–Trinajstić information content (AvgIpc) is 2.73. The fourth-order valence-electron chi connectivity index (χ4n) is 2.42. The second kappa shape index (κ2) is 5.06. The molecule has 1 aliphatic rings. The van der Waals surface area contributed by atoms with Gasteiger partial charge in [0.25, 0.3) is 5.91 Å². The predicted octanol–water partition coefficient (Wildman–Crippen LogP) is 3.40. The predicted molar refractivity (Wildman–Crippen MR) is 84.3 cm³/mol. The van der Waals surface area contributed by atoms with Crippen LogP contribution < -0.4 is 10.2 Å². The second-order valence-corrected chi connectivity index (χ2v) is 5.58. The smallest absolute Gasteiger partial charge is 0.257 e. The Hall–Kier alpha value is -2.04. The van der Waals surface area contributed by atoms with E-state index < -0.39 is 12.0 Å². The number of rotatable bonds is 2. The van der Waals surface area contributed by atoms with Crippen LogP contribution in [0, 0.1) is 6.92 Å². The first kappa shape index (κ1) is 13.9. The molecule has 108 valence electrons. The van der Waals surface area contributed by atoms with Crippen molar-refractivity contribution in [1.82, 2.24) is 0 Å². The molecule has 0 aromatic heterocycles. The van der Waals surface area contributed by atoms with Crippen LogP contribution in [0.15, 0.2) is 36.4 Å². The quantitative estimate of drug-likeness (QED) is 0.894. The number of amides is 1. The van der Waals surface area contributed by atoms with Crippen LogP contribution in [-0.2, 0) is 4.79 Å². The first-order chi connectivity index (χ1) is 9.97. The number of halogens is 1. The van der Waals surface area contributed by atoms with Gasteiger partial charge in [-0.1, -0.05) is 29.3 Å². The number of hydrogen-bond acceptors (Lipinski definition) is 3. The summed E-state index contributed by atoms with van der Waals surface area (Å²) in [6, 6.07) is 11.5. The highest BCUT2D eigenvalue weighted by Gasteiger charge is 2.30. The Labute approximate surface area is 128 Å². The summed E-state index contributed by atoms with van der Waals surface area (Å²) in [4.78, 5) is 13.5. The summed E-state index contributed by atoms with van der Waals surface area (Å²) in [5.41, 5.74) is 4.07. The van der Waals surface area contributed by atoms with Gasteiger partial charge in [-0.05, 0) is 31.2 Å². The number of carbonyl (C=O) groups is 1. The van der Waals surface area contributed by atoms with Gasteiger partial charge in [-0.25, -0.2) is 0 Å². The van der Waals surface area contributed by atoms with Gasteiger partial charge in [0, 0.05) is 24.0 Å². The Morgan fingerprint density at radius 3 is 2.57 bits per heavy atom. The topological polar surface area (TPSA) is 52.6 Å². The van der Waals surface area contributed by atoms with Crippen LogP contribution in [0.25, 0.3) is 0 Å². The highest BCUT2D eigenvalue weighted by Crippen LogP contribution is 2.40. The molecule has 1 heterocycles. The highest BCUT2D eigenvalue weighted by atomic mass is 35.5. The molecule has 0 saturated carbocycles. The minimum absolute atomic E-state index is 0.420. The molecule has 21 heavy (non-hydrogen) atoms. The van der Waals surface area contributed by atoms with Gasteiger partial charge in [0.1, 0.15) is 0 Å². The first-order valence-corrected chi connectivity index (χ1v) is 6.98. The summed E-state index contributed by atoms with van der Waals surface area (Å²) < 4.78 is 0. The van der Waals surface area contributed by atoms with Crippen molar-refractivity contribution in [3.05, 3.63) is 52.5 Å². The lowest BCUT2D eigenvalue weighted by Crippen LogP contribution is -2.10. The maximum Gasteiger partial charge on any atom is 0.257 e. The molecule has 3 rings (SSSR count). The maximum atomic E-state index is 11.5. The van der Waals surface area contributed by atoms with E-state index >= 15 is 0 Å². The number of nitrogens with one attached hydrogen (secondary N) is 1. The lowest BCUT2D eigenvalue weighted by Gasteiger charge is -2.22. The molecular formula is C16H15ClN2O2. The van der Waals surface area contributed by atoms with Crippen LogP contribution >= 0.6 is 11.6 Å². The molecular weight excluding hydrogens is 288 g/mol. The van der Waals surface area contributed by atoms with Gasteiger partial charge >= 0.3 is 0 Å². The third-order valence-electron chi connectivity index (χ3n) is 3.70. The number of hydrogen-bond donors (Lipinski definition) is 2. The van der Waals surface area contributed by atoms with Crippen molar-refractivity contribution in [3.63, 3.8) is 0 Å². The Bertz CT molecular complexity index is 713. The SMILES string of the molecule is Cc1ccc(N(C)c2cc3c(cc2Cl)C(O)C(=O)N3)cc1. The maximum absolute atomic E-state index is 11.5. The van der Waals surface area contributed by atoms with Gasteiger partial charge in [0.2, 0.25) is 0 Å². The molecule has 1 unspecified atom stereocenters. The van der Waals surface area contributed by atoms with Crippen LogP contribution in [0.2, 0.25) is 5.02 Å². The normalized spacial score (nSPS) is 16.6. The summed E-state index contributed by atoms with van der Waals surface area (Å²) >= 11 is 6.31. The summed E-state index contributed by atoms with van der Waals surface area (Å²) in [5, 5.41) is 12.9. The molecule has 5 heteroatoms. The van der Waals surface area contributed by atoms with E-state index in [2.05, 4.69) is 5.32 Å². The average molecular weight is 303 g/mol. The molecule has 2 aromatic rings. The number of aliphatic hydroxyl groups excluding tert-OH is 1. The molecule has 2 N–H and O–H groups in total. The third-order valence-corrected chi connectivity index (χ3v) is 4.01. The van der Waals surface area contributed by atoms with E-state index in [1.165, 1.54) is 5.56 Å². The number of anilines is 3. The zero-order chi connectivity index (χ0) is 15.1. The zero-order valence-electron chi connectivity index (χ0n) is 11.7. The Morgan fingerprint density at radius 2 is 1.90 bits per heavy atom. The van der Waals surface area contributed by atoms with Crippen LogP contribution in [0.1, 0.15) is 17.2 Å². The fraction of sp³-hybridized carbons (Fsp3) is 0.188. The van der Waals surface area contributed by atoms with Crippen molar-refractivity contribution >= 4 is 34.6 Å². The minimum Gasteiger partial charge on any atom is -0.378 e. The van der Waals surface area contributed by atoms with E-state index in [9.17, 15) is 9.90 Å². The first-order valence-electron chi connectivity index (χ1n) is 6.60. The van der Waals surface area contributed by atoms with E-state index in [0.29, 0.717) is 16.3 Å². The van der Waals surface area contributed by atoms with E-state index in [1.54, 1.807) is 12.1 Å². The summed E-state index contributed by atoms with van der Waals surface area (Å²) in [6.45, 7) is 2.03. The van der Waals surface area contributed by atoms with E-state index in [4.69, 9.17) is 11.6 Å². The van der Waals surface area contributed by atoms with Crippen molar-refractivity contribution in [2.24, 2.45) is 0 Å². The van der Waals surface area contributed by atoms with E-state index in [1.807, 2.05) is 43.1 Å². The van der Waals surface area contributed by atoms with E-state index in [0.717, 1.165) is 11.4 Å². The van der Waals surface area contributed by atoms with Crippen molar-refractivity contribution in [3.8, 4) is 0 Å². The monoisotopic (exact) mass is 302 g/mol. The van der Waals surface area contributed by atoms with Crippen molar-refractivity contribution < 1.29 is 9.90 Å². The second-order valence-electron chi connectivity index (χ2n) is 5.18. The molecule has 0 spiro atoms. The molecule has 0 saturated heterocycles.